The first kappa shape index (κ1) is 16.8. The van der Waals surface area contributed by atoms with Crippen LogP contribution in [-0.2, 0) is 10.0 Å². The number of rotatable bonds is 11. The van der Waals surface area contributed by atoms with E-state index in [1.807, 2.05) is 14.0 Å². The molecule has 0 spiro atoms. The van der Waals surface area contributed by atoms with Gasteiger partial charge in [-0.15, -0.1) is 0 Å². The first-order valence-corrected chi connectivity index (χ1v) is 8.03. The lowest BCUT2D eigenvalue weighted by Gasteiger charge is -2.14. The first-order valence-electron chi connectivity index (χ1n) is 6.38. The van der Waals surface area contributed by atoms with Crippen LogP contribution in [-0.4, -0.2) is 58.8 Å². The van der Waals surface area contributed by atoms with Crippen LogP contribution in [0.15, 0.2) is 0 Å². The third kappa shape index (κ3) is 10.7. The van der Waals surface area contributed by atoms with Crippen molar-refractivity contribution in [3.8, 4) is 0 Å². The van der Waals surface area contributed by atoms with Gasteiger partial charge in [-0.3, -0.25) is 0 Å². The summed E-state index contributed by atoms with van der Waals surface area (Å²) in [5, 5.41) is 3.18. The Bertz CT molecular complexity index is 268. The maximum absolute atomic E-state index is 11.6. The molecule has 0 atom stereocenters. The summed E-state index contributed by atoms with van der Waals surface area (Å²) in [6.45, 7) is 8.12. The number of likely N-dealkylation sites (N-methyl/N-ethyl adjacent to an activating group) is 1. The van der Waals surface area contributed by atoms with Gasteiger partial charge in [-0.05, 0) is 39.5 Å². The van der Waals surface area contributed by atoms with Crippen LogP contribution in [0.4, 0.5) is 0 Å². The Morgan fingerprint density at radius 3 is 2.41 bits per heavy atom. The van der Waals surface area contributed by atoms with Crippen molar-refractivity contribution in [2.24, 2.45) is 0 Å². The maximum Gasteiger partial charge on any atom is 0.211 e. The van der Waals surface area contributed by atoms with Gasteiger partial charge in [-0.1, -0.05) is 13.8 Å². The van der Waals surface area contributed by atoms with Crippen LogP contribution in [0.2, 0.25) is 0 Å². The van der Waals surface area contributed by atoms with Gasteiger partial charge < -0.3 is 10.2 Å². The number of hydrogen-bond donors (Lipinski definition) is 2. The molecule has 0 bridgehead atoms. The Labute approximate surface area is 106 Å². The first-order chi connectivity index (χ1) is 8.02. The van der Waals surface area contributed by atoms with E-state index >= 15 is 0 Å². The van der Waals surface area contributed by atoms with E-state index < -0.39 is 10.0 Å². The van der Waals surface area contributed by atoms with Crippen molar-refractivity contribution >= 4 is 10.0 Å². The second-order valence-electron chi connectivity index (χ2n) is 4.17. The van der Waals surface area contributed by atoms with E-state index in [2.05, 4.69) is 21.9 Å². The average Bonchev–Trinajstić information content (AvgIpc) is 2.28. The summed E-state index contributed by atoms with van der Waals surface area (Å²) in [5.74, 6) is 0.230. The van der Waals surface area contributed by atoms with Gasteiger partial charge >= 0.3 is 0 Å². The van der Waals surface area contributed by atoms with Crippen molar-refractivity contribution in [1.29, 1.82) is 0 Å². The molecule has 0 aliphatic heterocycles. The topological polar surface area (TPSA) is 61.4 Å². The molecule has 0 aliphatic rings. The molecule has 0 aromatic rings. The molecule has 0 amide bonds. The third-order valence-electron chi connectivity index (χ3n) is 2.62. The predicted octanol–water partition coefficient (Wildman–Crippen LogP) is 0.247. The highest BCUT2D eigenvalue weighted by Crippen LogP contribution is 1.93. The highest BCUT2D eigenvalue weighted by molar-refractivity contribution is 7.89. The third-order valence-corrected chi connectivity index (χ3v) is 4.09. The number of unbranched alkanes of at least 4 members (excludes halogenated alkanes) is 1. The second kappa shape index (κ2) is 9.82. The number of hydrogen-bond acceptors (Lipinski definition) is 4. The summed E-state index contributed by atoms with van der Waals surface area (Å²) in [6.07, 6.45) is 1.62. The number of nitrogens with zero attached hydrogens (tertiary/aromatic N) is 1. The molecule has 2 N–H and O–H groups in total. The summed E-state index contributed by atoms with van der Waals surface area (Å²) < 4.78 is 25.8. The molecule has 17 heavy (non-hydrogen) atoms. The van der Waals surface area contributed by atoms with E-state index in [0.717, 1.165) is 32.6 Å². The van der Waals surface area contributed by atoms with E-state index in [1.165, 1.54) is 0 Å². The van der Waals surface area contributed by atoms with E-state index in [9.17, 15) is 8.42 Å². The Morgan fingerprint density at radius 2 is 1.82 bits per heavy atom. The van der Waals surface area contributed by atoms with Gasteiger partial charge in [-0.25, -0.2) is 13.1 Å². The van der Waals surface area contributed by atoms with Crippen LogP contribution in [0, 0.1) is 0 Å². The zero-order valence-corrected chi connectivity index (χ0v) is 12.1. The molecule has 0 aliphatic carbocycles. The van der Waals surface area contributed by atoms with Crippen molar-refractivity contribution in [2.45, 2.75) is 26.7 Å². The number of nitrogens with one attached hydrogen (secondary N) is 2. The molecule has 6 heteroatoms. The minimum atomic E-state index is -3.08. The zero-order valence-electron chi connectivity index (χ0n) is 11.3. The van der Waals surface area contributed by atoms with Crippen molar-refractivity contribution in [3.63, 3.8) is 0 Å². The maximum atomic E-state index is 11.6. The summed E-state index contributed by atoms with van der Waals surface area (Å²) in [4.78, 5) is 2.08. The highest BCUT2D eigenvalue weighted by Gasteiger charge is 2.08. The summed E-state index contributed by atoms with van der Waals surface area (Å²) in [5.41, 5.74) is 0. The molecule has 0 radical (unpaired) electrons. The monoisotopic (exact) mass is 265 g/mol. The van der Waals surface area contributed by atoms with Crippen molar-refractivity contribution in [3.05, 3.63) is 0 Å². The van der Waals surface area contributed by atoms with Gasteiger partial charge in [0.1, 0.15) is 0 Å². The lowest BCUT2D eigenvalue weighted by Crippen LogP contribution is -2.34. The van der Waals surface area contributed by atoms with Crippen molar-refractivity contribution in [1.82, 2.24) is 14.9 Å². The molecule has 0 aromatic carbocycles. The molecule has 0 saturated carbocycles. The standard InChI is InChI=1S/C11H27N3O2S/c1-4-12-8-6-7-11-17(15,16)13-9-10-14(3)5-2/h12-13H,4-11H2,1-3H3. The lowest BCUT2D eigenvalue weighted by atomic mass is 10.3. The Balaban J connectivity index is 3.59. The van der Waals surface area contributed by atoms with Gasteiger partial charge in [0.2, 0.25) is 10.0 Å². The Hall–Kier alpha value is -0.170. The van der Waals surface area contributed by atoms with Gasteiger partial charge in [-0.2, -0.15) is 0 Å². The largest absolute Gasteiger partial charge is 0.317 e. The quantitative estimate of drug-likeness (QED) is 0.526. The SMILES string of the molecule is CCNCCCCS(=O)(=O)NCCN(C)CC. The smallest absolute Gasteiger partial charge is 0.211 e. The summed E-state index contributed by atoms with van der Waals surface area (Å²) >= 11 is 0. The molecule has 0 fully saturated rings. The van der Waals surface area contributed by atoms with E-state index in [0.29, 0.717) is 13.0 Å². The molecule has 0 unspecified atom stereocenters. The van der Waals surface area contributed by atoms with Gasteiger partial charge in [0.15, 0.2) is 0 Å². The lowest BCUT2D eigenvalue weighted by molar-refractivity contribution is 0.358. The van der Waals surface area contributed by atoms with Crippen LogP contribution in [0.25, 0.3) is 0 Å². The zero-order chi connectivity index (χ0) is 13.1. The average molecular weight is 265 g/mol. The second-order valence-corrected chi connectivity index (χ2v) is 6.10. The van der Waals surface area contributed by atoms with E-state index in [1.54, 1.807) is 0 Å². The molecule has 104 valence electrons. The van der Waals surface area contributed by atoms with Gasteiger partial charge in [0.05, 0.1) is 5.75 Å². The van der Waals surface area contributed by atoms with Crippen molar-refractivity contribution < 1.29 is 8.42 Å². The molecular formula is C11H27N3O2S. The minimum absolute atomic E-state index is 0.230. The fraction of sp³-hybridized carbons (Fsp3) is 1.00. The predicted molar refractivity (Wildman–Crippen MR) is 72.7 cm³/mol. The van der Waals surface area contributed by atoms with Gasteiger partial charge in [0, 0.05) is 13.1 Å². The normalized spacial score (nSPS) is 12.2. The van der Waals surface area contributed by atoms with Crippen LogP contribution in [0.3, 0.4) is 0 Å². The van der Waals surface area contributed by atoms with Crippen LogP contribution < -0.4 is 10.0 Å². The molecule has 0 rings (SSSR count). The minimum Gasteiger partial charge on any atom is -0.317 e. The summed E-state index contributed by atoms with van der Waals surface area (Å²) in [6, 6.07) is 0. The Kier molecular flexibility index (Phi) is 9.72. The van der Waals surface area contributed by atoms with E-state index in [4.69, 9.17) is 0 Å². The molecule has 5 nitrogen and oxygen atoms in total. The molecule has 0 aromatic heterocycles. The fourth-order valence-electron chi connectivity index (χ4n) is 1.34. The number of sulfonamides is 1. The van der Waals surface area contributed by atoms with Crippen molar-refractivity contribution in [2.75, 3.05) is 45.5 Å². The van der Waals surface area contributed by atoms with Crippen LogP contribution in [0.5, 0.6) is 0 Å². The van der Waals surface area contributed by atoms with Gasteiger partial charge in [0.25, 0.3) is 0 Å². The summed E-state index contributed by atoms with van der Waals surface area (Å²) in [7, 11) is -1.10. The highest BCUT2D eigenvalue weighted by atomic mass is 32.2. The fourth-order valence-corrected chi connectivity index (χ4v) is 2.47. The molecular weight excluding hydrogens is 238 g/mol. The van der Waals surface area contributed by atoms with E-state index in [-0.39, 0.29) is 5.75 Å². The Morgan fingerprint density at radius 1 is 1.12 bits per heavy atom. The molecule has 0 heterocycles. The van der Waals surface area contributed by atoms with Crippen LogP contribution in [0.1, 0.15) is 26.7 Å². The molecule has 0 saturated heterocycles. The van der Waals surface area contributed by atoms with Crippen LogP contribution >= 0.6 is 0 Å².